The van der Waals surface area contributed by atoms with Gasteiger partial charge in [-0.25, -0.2) is 0 Å². The minimum atomic E-state index is -0.405. The van der Waals surface area contributed by atoms with Crippen LogP contribution in [0.5, 0.6) is 0 Å². The number of hydrogen-bond acceptors (Lipinski definition) is 4. The Hall–Kier alpha value is -2.04. The number of carbonyl (C=O) groups excluding carboxylic acids is 2. The Morgan fingerprint density at radius 1 is 1.42 bits per heavy atom. The number of para-hydroxylation sites is 1. The first kappa shape index (κ1) is 13.4. The molecular weight excluding hydrogens is 244 g/mol. The summed E-state index contributed by atoms with van der Waals surface area (Å²) in [7, 11) is 0. The van der Waals surface area contributed by atoms with Crippen LogP contribution < -0.4 is 10.6 Å². The van der Waals surface area contributed by atoms with Crippen molar-refractivity contribution in [1.29, 1.82) is 0 Å². The van der Waals surface area contributed by atoms with Crippen LogP contribution in [0.15, 0.2) is 24.3 Å². The second-order valence-corrected chi connectivity index (χ2v) is 4.38. The normalized spacial score (nSPS) is 17.0. The largest absolute Gasteiger partial charge is 0.465 e. The summed E-state index contributed by atoms with van der Waals surface area (Å²) >= 11 is 0. The van der Waals surface area contributed by atoms with Crippen LogP contribution in [0.25, 0.3) is 0 Å². The van der Waals surface area contributed by atoms with Crippen molar-refractivity contribution in [2.75, 3.05) is 25.0 Å². The van der Waals surface area contributed by atoms with E-state index in [1.54, 1.807) is 6.92 Å². The van der Waals surface area contributed by atoms with Crippen molar-refractivity contribution in [2.24, 2.45) is 0 Å². The zero-order chi connectivity index (χ0) is 13.7. The van der Waals surface area contributed by atoms with Gasteiger partial charge in [0, 0.05) is 12.2 Å². The molecule has 1 aliphatic rings. The third-order valence-electron chi connectivity index (χ3n) is 3.11. The fourth-order valence-electron chi connectivity index (χ4n) is 2.24. The lowest BCUT2D eigenvalue weighted by atomic mass is 9.90. The van der Waals surface area contributed by atoms with Crippen molar-refractivity contribution in [3.8, 4) is 0 Å². The van der Waals surface area contributed by atoms with E-state index in [1.165, 1.54) is 0 Å². The molecule has 5 nitrogen and oxygen atoms in total. The third-order valence-corrected chi connectivity index (χ3v) is 3.11. The molecule has 5 heteroatoms. The maximum atomic E-state index is 12.1. The summed E-state index contributed by atoms with van der Waals surface area (Å²) in [4.78, 5) is 23.3. The van der Waals surface area contributed by atoms with Crippen molar-refractivity contribution in [3.05, 3.63) is 29.8 Å². The van der Waals surface area contributed by atoms with Crippen LogP contribution >= 0.6 is 0 Å². The van der Waals surface area contributed by atoms with Crippen molar-refractivity contribution in [1.82, 2.24) is 5.32 Å². The molecule has 2 N–H and O–H groups in total. The van der Waals surface area contributed by atoms with E-state index in [1.807, 2.05) is 24.3 Å². The first-order chi connectivity index (χ1) is 9.22. The summed E-state index contributed by atoms with van der Waals surface area (Å²) in [5.74, 6) is -0.730. The van der Waals surface area contributed by atoms with Crippen LogP contribution in [0.4, 0.5) is 5.69 Å². The maximum Gasteiger partial charge on any atom is 0.325 e. The standard InChI is InChI=1S/C14H18N2O3/c1-2-19-13(17)9-16-14(18)11-7-8-15-12-6-4-3-5-10(11)12/h3-6,11,15H,2,7-9H2,1H3,(H,16,18). The topological polar surface area (TPSA) is 67.4 Å². The van der Waals surface area contributed by atoms with Gasteiger partial charge in [0.1, 0.15) is 6.54 Å². The number of hydrogen-bond donors (Lipinski definition) is 2. The number of nitrogens with one attached hydrogen (secondary N) is 2. The van der Waals surface area contributed by atoms with Crippen LogP contribution in [0.2, 0.25) is 0 Å². The van der Waals surface area contributed by atoms with Gasteiger partial charge in [-0.3, -0.25) is 9.59 Å². The number of anilines is 1. The van der Waals surface area contributed by atoms with Crippen LogP contribution in [0, 0.1) is 0 Å². The van der Waals surface area contributed by atoms with Gasteiger partial charge in [-0.05, 0) is 25.0 Å². The molecule has 1 aromatic rings. The van der Waals surface area contributed by atoms with Crippen LogP contribution in [0.3, 0.4) is 0 Å². The number of esters is 1. The SMILES string of the molecule is CCOC(=O)CNC(=O)C1CCNc2ccccc21. The number of rotatable bonds is 4. The zero-order valence-electron chi connectivity index (χ0n) is 10.9. The zero-order valence-corrected chi connectivity index (χ0v) is 10.9. The predicted octanol–water partition coefficient (Wildman–Crippen LogP) is 1.27. The molecule has 1 aliphatic heterocycles. The second-order valence-electron chi connectivity index (χ2n) is 4.38. The minimum absolute atomic E-state index is 0.0707. The van der Waals surface area contributed by atoms with Crippen molar-refractivity contribution in [3.63, 3.8) is 0 Å². The fourth-order valence-corrected chi connectivity index (χ4v) is 2.24. The molecule has 0 saturated carbocycles. The van der Waals surface area contributed by atoms with E-state index in [2.05, 4.69) is 10.6 Å². The van der Waals surface area contributed by atoms with E-state index in [-0.39, 0.29) is 18.4 Å². The maximum absolute atomic E-state index is 12.1. The lowest BCUT2D eigenvalue weighted by molar-refractivity contribution is -0.143. The van der Waals surface area contributed by atoms with Crippen LogP contribution in [-0.2, 0) is 14.3 Å². The van der Waals surface area contributed by atoms with Crippen molar-refractivity contribution < 1.29 is 14.3 Å². The van der Waals surface area contributed by atoms with Gasteiger partial charge in [-0.15, -0.1) is 0 Å². The quantitative estimate of drug-likeness (QED) is 0.802. The molecule has 0 saturated heterocycles. The lowest BCUT2D eigenvalue weighted by Crippen LogP contribution is -2.36. The fraction of sp³-hybridized carbons (Fsp3) is 0.429. The van der Waals surface area contributed by atoms with E-state index in [9.17, 15) is 9.59 Å². The van der Waals surface area contributed by atoms with Crippen LogP contribution in [-0.4, -0.2) is 31.6 Å². The summed E-state index contributed by atoms with van der Waals surface area (Å²) in [5, 5.41) is 5.90. The molecule has 1 amide bonds. The summed E-state index contributed by atoms with van der Waals surface area (Å²) < 4.78 is 4.78. The van der Waals surface area contributed by atoms with E-state index in [0.29, 0.717) is 6.61 Å². The molecule has 0 bridgehead atoms. The number of ether oxygens (including phenoxy) is 1. The van der Waals surface area contributed by atoms with Gasteiger partial charge in [0.15, 0.2) is 0 Å². The molecule has 2 rings (SSSR count). The highest BCUT2D eigenvalue weighted by atomic mass is 16.5. The molecule has 1 aromatic carbocycles. The van der Waals surface area contributed by atoms with Gasteiger partial charge in [0.2, 0.25) is 5.91 Å². The van der Waals surface area contributed by atoms with Gasteiger partial charge in [0.05, 0.1) is 12.5 Å². The lowest BCUT2D eigenvalue weighted by Gasteiger charge is -2.25. The highest BCUT2D eigenvalue weighted by Crippen LogP contribution is 2.31. The molecule has 0 spiro atoms. The Morgan fingerprint density at radius 2 is 2.21 bits per heavy atom. The number of carbonyl (C=O) groups is 2. The first-order valence-electron chi connectivity index (χ1n) is 6.48. The van der Waals surface area contributed by atoms with E-state index < -0.39 is 5.97 Å². The summed E-state index contributed by atoms with van der Waals surface area (Å²) in [5.41, 5.74) is 1.97. The molecule has 0 fully saturated rings. The molecule has 0 aliphatic carbocycles. The summed E-state index contributed by atoms with van der Waals surface area (Å²) in [6.45, 7) is 2.75. The van der Waals surface area contributed by atoms with Gasteiger partial charge in [0.25, 0.3) is 0 Å². The summed E-state index contributed by atoms with van der Waals surface area (Å²) in [6.07, 6.45) is 0.728. The predicted molar refractivity (Wildman–Crippen MR) is 71.9 cm³/mol. The molecule has 19 heavy (non-hydrogen) atoms. The Kier molecular flexibility index (Phi) is 4.39. The molecule has 0 aromatic heterocycles. The van der Waals surface area contributed by atoms with Crippen molar-refractivity contribution in [2.45, 2.75) is 19.3 Å². The van der Waals surface area contributed by atoms with E-state index in [0.717, 1.165) is 24.2 Å². The second kappa shape index (κ2) is 6.22. The highest BCUT2D eigenvalue weighted by Gasteiger charge is 2.26. The van der Waals surface area contributed by atoms with Gasteiger partial charge in [-0.1, -0.05) is 18.2 Å². The van der Waals surface area contributed by atoms with E-state index >= 15 is 0 Å². The summed E-state index contributed by atoms with van der Waals surface area (Å²) in [6, 6.07) is 7.75. The Labute approximate surface area is 112 Å². The van der Waals surface area contributed by atoms with E-state index in [4.69, 9.17) is 4.74 Å². The monoisotopic (exact) mass is 262 g/mol. The first-order valence-corrected chi connectivity index (χ1v) is 6.48. The molecule has 1 heterocycles. The molecule has 1 atom stereocenters. The molecule has 0 radical (unpaired) electrons. The number of benzene rings is 1. The Bertz CT molecular complexity index is 474. The average Bonchev–Trinajstić information content (AvgIpc) is 2.44. The smallest absolute Gasteiger partial charge is 0.325 e. The average molecular weight is 262 g/mol. The van der Waals surface area contributed by atoms with Gasteiger partial charge >= 0.3 is 5.97 Å². The molecular formula is C14H18N2O3. The number of amides is 1. The van der Waals surface area contributed by atoms with Gasteiger partial charge in [-0.2, -0.15) is 0 Å². The minimum Gasteiger partial charge on any atom is -0.465 e. The third kappa shape index (κ3) is 3.24. The van der Waals surface area contributed by atoms with Crippen molar-refractivity contribution >= 4 is 17.6 Å². The Morgan fingerprint density at radius 3 is 3.00 bits per heavy atom. The Balaban J connectivity index is 1.99. The molecule has 102 valence electrons. The van der Waals surface area contributed by atoms with Gasteiger partial charge < -0.3 is 15.4 Å². The highest BCUT2D eigenvalue weighted by molar-refractivity contribution is 5.88. The number of fused-ring (bicyclic) bond motifs is 1. The van der Waals surface area contributed by atoms with Crippen LogP contribution in [0.1, 0.15) is 24.8 Å². The molecule has 1 unspecified atom stereocenters.